The number of benzene rings is 2. The number of carbonyl (C=O) groups excluding carboxylic acids is 1. The van der Waals surface area contributed by atoms with E-state index in [-0.39, 0.29) is 18.0 Å². The third kappa shape index (κ3) is 4.90. The second-order valence-corrected chi connectivity index (χ2v) is 6.62. The van der Waals surface area contributed by atoms with Gasteiger partial charge in [-0.15, -0.1) is 0 Å². The Morgan fingerprint density at radius 3 is 2.33 bits per heavy atom. The maximum atomic E-state index is 13.9. The molecule has 4 nitrogen and oxygen atoms in total. The van der Waals surface area contributed by atoms with Crippen LogP contribution >= 0.6 is 0 Å². The molecule has 0 radical (unpaired) electrons. The Morgan fingerprint density at radius 1 is 1.11 bits per heavy atom. The van der Waals surface area contributed by atoms with Gasteiger partial charge in [0.25, 0.3) is 0 Å². The first kappa shape index (κ1) is 20.6. The number of aryl methyl sites for hydroxylation is 2. The van der Waals surface area contributed by atoms with Crippen LogP contribution < -0.4 is 4.90 Å². The van der Waals surface area contributed by atoms with Gasteiger partial charge in [0.1, 0.15) is 17.3 Å². The molecule has 0 aliphatic heterocycles. The number of likely N-dealkylation sites (N-methyl/N-ethyl adjacent to an activating group) is 1. The van der Waals surface area contributed by atoms with E-state index in [0.717, 1.165) is 23.4 Å². The van der Waals surface area contributed by atoms with E-state index < -0.39 is 11.6 Å². The number of carbonyl (C=O) groups is 1. The zero-order valence-corrected chi connectivity index (χ0v) is 16.4. The second-order valence-electron chi connectivity index (χ2n) is 6.62. The molecule has 2 rings (SSSR count). The second kappa shape index (κ2) is 8.75. The zero-order chi connectivity index (χ0) is 20.1. The van der Waals surface area contributed by atoms with Gasteiger partial charge in [-0.05, 0) is 56.2 Å². The molecule has 0 spiro atoms. The van der Waals surface area contributed by atoms with Crippen molar-refractivity contribution >= 4 is 23.5 Å². The molecule has 6 heteroatoms. The van der Waals surface area contributed by atoms with Gasteiger partial charge in [0.05, 0.1) is 18.6 Å². The number of Topliss-reactive ketones (excluding diaryl/α,β-unsaturated/α-hetero) is 1. The van der Waals surface area contributed by atoms with Gasteiger partial charge in [-0.3, -0.25) is 4.79 Å². The lowest BCUT2D eigenvalue weighted by Crippen LogP contribution is -2.27. The average molecular weight is 373 g/mol. The van der Waals surface area contributed by atoms with Crippen molar-refractivity contribution in [2.24, 2.45) is 4.99 Å². The summed E-state index contributed by atoms with van der Waals surface area (Å²) in [4.78, 5) is 20.4. The fourth-order valence-corrected chi connectivity index (χ4v) is 2.72. The SMILES string of the molecule is CCN(C)/C=N\c1cc(C)c(C(=O)CN(C)c2c(F)cccc2F)cc1C. The van der Waals surface area contributed by atoms with Crippen LogP contribution in [0.5, 0.6) is 0 Å². The number of hydrogen-bond acceptors (Lipinski definition) is 3. The van der Waals surface area contributed by atoms with Crippen molar-refractivity contribution in [1.82, 2.24) is 4.90 Å². The van der Waals surface area contributed by atoms with Crippen LogP contribution in [0.15, 0.2) is 35.3 Å². The molecule has 2 aromatic carbocycles. The number of hydrogen-bond donors (Lipinski definition) is 0. The molecule has 0 N–H and O–H groups in total. The van der Waals surface area contributed by atoms with Crippen molar-refractivity contribution < 1.29 is 13.6 Å². The van der Waals surface area contributed by atoms with Crippen LogP contribution in [0, 0.1) is 25.5 Å². The molecule has 0 bridgehead atoms. The predicted molar refractivity (Wildman–Crippen MR) is 106 cm³/mol. The Balaban J connectivity index is 2.24. The Bertz CT molecular complexity index is 844. The minimum atomic E-state index is -0.692. The van der Waals surface area contributed by atoms with Gasteiger partial charge in [0.2, 0.25) is 0 Å². The van der Waals surface area contributed by atoms with Gasteiger partial charge >= 0.3 is 0 Å². The Morgan fingerprint density at radius 2 is 1.74 bits per heavy atom. The van der Waals surface area contributed by atoms with E-state index in [1.165, 1.54) is 30.1 Å². The summed E-state index contributed by atoms with van der Waals surface area (Å²) in [6, 6.07) is 7.28. The molecule has 0 aliphatic carbocycles. The Hall–Kier alpha value is -2.76. The summed E-state index contributed by atoms with van der Waals surface area (Å²) < 4.78 is 27.8. The van der Waals surface area contributed by atoms with Crippen LogP contribution in [-0.2, 0) is 0 Å². The standard InChI is InChI=1S/C21H25F2N3O/c1-6-25(4)13-24-19-11-14(2)16(10-15(19)3)20(27)12-26(5)21-17(22)8-7-9-18(21)23/h7-11,13H,6,12H2,1-5H3/b24-13-. The fraction of sp³-hybridized carbons (Fsp3) is 0.333. The third-order valence-corrected chi connectivity index (χ3v) is 4.44. The van der Waals surface area contributed by atoms with Crippen LogP contribution in [0.25, 0.3) is 0 Å². The van der Waals surface area contributed by atoms with Crippen LogP contribution in [0.1, 0.15) is 28.4 Å². The van der Waals surface area contributed by atoms with Crippen LogP contribution in [0.3, 0.4) is 0 Å². The van der Waals surface area contributed by atoms with E-state index in [1.807, 2.05) is 38.8 Å². The number of para-hydroxylation sites is 1. The lowest BCUT2D eigenvalue weighted by Gasteiger charge is -2.20. The number of rotatable bonds is 7. The van der Waals surface area contributed by atoms with Crippen molar-refractivity contribution in [1.29, 1.82) is 0 Å². The molecule has 0 unspecified atom stereocenters. The van der Waals surface area contributed by atoms with Crippen LogP contribution in [0.4, 0.5) is 20.2 Å². The largest absolute Gasteiger partial charge is 0.366 e. The molecular weight excluding hydrogens is 348 g/mol. The number of nitrogens with zero attached hydrogens (tertiary/aromatic N) is 3. The molecule has 0 saturated carbocycles. The van der Waals surface area contributed by atoms with Gasteiger partial charge < -0.3 is 9.80 Å². The van der Waals surface area contributed by atoms with Crippen LogP contribution in [0.2, 0.25) is 0 Å². The fourth-order valence-electron chi connectivity index (χ4n) is 2.72. The van der Waals surface area contributed by atoms with Crippen molar-refractivity contribution in [3.05, 3.63) is 58.7 Å². The smallest absolute Gasteiger partial charge is 0.182 e. The molecule has 0 heterocycles. The molecular formula is C21H25F2N3O. The van der Waals surface area contributed by atoms with E-state index in [9.17, 15) is 13.6 Å². The maximum Gasteiger partial charge on any atom is 0.182 e. The van der Waals surface area contributed by atoms with Crippen LogP contribution in [-0.4, -0.2) is 44.2 Å². The third-order valence-electron chi connectivity index (χ3n) is 4.44. The molecule has 144 valence electrons. The first-order valence-electron chi connectivity index (χ1n) is 8.78. The monoisotopic (exact) mass is 373 g/mol. The van der Waals surface area contributed by atoms with Crippen molar-refractivity contribution in [3.63, 3.8) is 0 Å². The topological polar surface area (TPSA) is 35.9 Å². The van der Waals surface area contributed by atoms with Gasteiger partial charge in [-0.2, -0.15) is 0 Å². The van der Waals surface area contributed by atoms with Gasteiger partial charge in [0.15, 0.2) is 5.78 Å². The van der Waals surface area contributed by atoms with Gasteiger partial charge in [-0.1, -0.05) is 6.07 Å². The number of ketones is 1. The maximum absolute atomic E-state index is 13.9. The number of anilines is 1. The van der Waals surface area contributed by atoms with Crippen molar-refractivity contribution in [3.8, 4) is 0 Å². The number of aliphatic imine (C=N–C) groups is 1. The van der Waals surface area contributed by atoms with E-state index in [2.05, 4.69) is 4.99 Å². The summed E-state index contributed by atoms with van der Waals surface area (Å²) in [7, 11) is 3.43. The zero-order valence-electron chi connectivity index (χ0n) is 16.4. The highest BCUT2D eigenvalue weighted by Crippen LogP contribution is 2.25. The molecule has 0 amide bonds. The van der Waals surface area contributed by atoms with E-state index in [0.29, 0.717) is 5.56 Å². The predicted octanol–water partition coefficient (Wildman–Crippen LogP) is 4.51. The number of halogens is 2. The summed E-state index contributed by atoms with van der Waals surface area (Å²) in [6.45, 7) is 6.46. The first-order valence-corrected chi connectivity index (χ1v) is 8.78. The minimum absolute atomic E-state index is 0.126. The van der Waals surface area contributed by atoms with Crippen molar-refractivity contribution in [2.45, 2.75) is 20.8 Å². The van der Waals surface area contributed by atoms with Gasteiger partial charge in [0, 0.05) is 26.2 Å². The molecule has 0 aliphatic rings. The highest BCUT2D eigenvalue weighted by Gasteiger charge is 2.18. The summed E-state index contributed by atoms with van der Waals surface area (Å²) in [5.74, 6) is -1.59. The lowest BCUT2D eigenvalue weighted by atomic mass is 10.00. The molecule has 0 aromatic heterocycles. The highest BCUT2D eigenvalue weighted by molar-refractivity contribution is 6.01. The van der Waals surface area contributed by atoms with E-state index in [1.54, 1.807) is 12.4 Å². The van der Waals surface area contributed by atoms with E-state index in [4.69, 9.17) is 0 Å². The lowest BCUT2D eigenvalue weighted by molar-refractivity contribution is 0.0999. The average Bonchev–Trinajstić information content (AvgIpc) is 2.61. The summed E-state index contributed by atoms with van der Waals surface area (Å²) in [5.41, 5.74) is 2.75. The molecule has 0 fully saturated rings. The summed E-state index contributed by atoms with van der Waals surface area (Å²) in [6.07, 6.45) is 1.75. The van der Waals surface area contributed by atoms with E-state index >= 15 is 0 Å². The van der Waals surface area contributed by atoms with Gasteiger partial charge in [-0.25, -0.2) is 13.8 Å². The Labute approximate surface area is 159 Å². The first-order chi connectivity index (χ1) is 12.7. The normalized spacial score (nSPS) is 11.1. The quantitative estimate of drug-likeness (QED) is 0.407. The summed E-state index contributed by atoms with van der Waals surface area (Å²) >= 11 is 0. The molecule has 0 saturated heterocycles. The molecule has 0 atom stereocenters. The molecule has 2 aromatic rings. The Kier molecular flexibility index (Phi) is 6.66. The molecule has 27 heavy (non-hydrogen) atoms. The highest BCUT2D eigenvalue weighted by atomic mass is 19.1. The van der Waals surface area contributed by atoms with Crippen molar-refractivity contribution in [2.75, 3.05) is 32.1 Å². The summed E-state index contributed by atoms with van der Waals surface area (Å²) in [5, 5.41) is 0. The minimum Gasteiger partial charge on any atom is -0.366 e.